The molecule has 128 valence electrons. The van der Waals surface area contributed by atoms with Gasteiger partial charge >= 0.3 is 0 Å². The monoisotopic (exact) mass is 353 g/mol. The summed E-state index contributed by atoms with van der Waals surface area (Å²) in [4.78, 5) is 25.3. The lowest BCUT2D eigenvalue weighted by molar-refractivity contribution is 0.101. The lowest BCUT2D eigenvalue weighted by Crippen LogP contribution is -2.27. The molecule has 0 unspecified atom stereocenters. The van der Waals surface area contributed by atoms with E-state index in [-0.39, 0.29) is 11.1 Å². The van der Waals surface area contributed by atoms with E-state index >= 15 is 0 Å². The Morgan fingerprint density at radius 2 is 2.00 bits per heavy atom. The highest BCUT2D eigenvalue weighted by Gasteiger charge is 2.17. The van der Waals surface area contributed by atoms with E-state index in [1.807, 2.05) is 43.5 Å². The highest BCUT2D eigenvalue weighted by atomic mass is 32.2. The summed E-state index contributed by atoms with van der Waals surface area (Å²) in [6, 6.07) is 14.8. The Kier molecular flexibility index (Phi) is 5.19. The fourth-order valence-electron chi connectivity index (χ4n) is 2.72. The normalized spacial score (nSPS) is 10.8. The van der Waals surface area contributed by atoms with Crippen LogP contribution in [0.2, 0.25) is 0 Å². The number of anilines is 1. The molecule has 1 aromatic heterocycles. The molecule has 1 N–H and O–H groups in total. The summed E-state index contributed by atoms with van der Waals surface area (Å²) >= 11 is 1.71. The number of hydrogen-bond donors (Lipinski definition) is 1. The van der Waals surface area contributed by atoms with Gasteiger partial charge in [-0.05, 0) is 43.0 Å². The Bertz CT molecular complexity index is 982. The number of carbonyl (C=O) groups is 1. The average molecular weight is 353 g/mol. The largest absolute Gasteiger partial charge is 0.320 e. The molecule has 3 rings (SSSR count). The molecule has 3 aromatic rings. The quantitative estimate of drug-likeness (QED) is 0.762. The van der Waals surface area contributed by atoms with E-state index in [9.17, 15) is 9.59 Å². The minimum Gasteiger partial charge on any atom is -0.320 e. The molecule has 0 aliphatic carbocycles. The fourth-order valence-corrected chi connectivity index (χ4v) is 3.24. The molecule has 0 saturated heterocycles. The minimum atomic E-state index is -0.487. The molecule has 0 atom stereocenters. The highest BCUT2D eigenvalue weighted by molar-refractivity contribution is 7.97. The van der Waals surface area contributed by atoms with Gasteiger partial charge in [0.2, 0.25) is 5.43 Å². The molecule has 0 saturated carbocycles. The topological polar surface area (TPSA) is 64.0 Å². The first kappa shape index (κ1) is 17.2. The third-order valence-corrected chi connectivity index (χ3v) is 4.50. The van der Waals surface area contributed by atoms with E-state index < -0.39 is 5.91 Å². The van der Waals surface area contributed by atoms with Crippen molar-refractivity contribution >= 4 is 34.3 Å². The van der Waals surface area contributed by atoms with E-state index in [1.54, 1.807) is 34.6 Å². The van der Waals surface area contributed by atoms with Crippen LogP contribution in [0, 0.1) is 0 Å². The molecule has 6 heteroatoms. The standard InChI is InChI=1S/C19H19N3O2S/c1-3-22-16-10-5-4-9-15(16)18(23)17(21-22)19(24)20-14-8-6-7-13(11-14)12-25-2/h4-11H,3,12H2,1-2H3,(H,20,24). The Balaban J connectivity index is 1.99. The minimum absolute atomic E-state index is 0.0872. The zero-order chi connectivity index (χ0) is 17.8. The molecule has 0 spiro atoms. The third kappa shape index (κ3) is 3.58. The predicted octanol–water partition coefficient (Wildman–Crippen LogP) is 3.53. The van der Waals surface area contributed by atoms with Crippen LogP contribution in [0.25, 0.3) is 10.9 Å². The number of aryl methyl sites for hydroxylation is 1. The summed E-state index contributed by atoms with van der Waals surface area (Å²) in [7, 11) is 0. The summed E-state index contributed by atoms with van der Waals surface area (Å²) < 4.78 is 1.68. The van der Waals surface area contributed by atoms with Crippen LogP contribution in [-0.4, -0.2) is 21.9 Å². The lowest BCUT2D eigenvalue weighted by atomic mass is 10.2. The van der Waals surface area contributed by atoms with Gasteiger partial charge in [0.15, 0.2) is 5.69 Å². The molecule has 0 fully saturated rings. The van der Waals surface area contributed by atoms with Crippen LogP contribution in [0.15, 0.2) is 53.3 Å². The van der Waals surface area contributed by atoms with Crippen LogP contribution >= 0.6 is 11.8 Å². The van der Waals surface area contributed by atoms with Gasteiger partial charge in [-0.3, -0.25) is 14.3 Å². The van der Waals surface area contributed by atoms with Crippen LogP contribution in [0.1, 0.15) is 23.0 Å². The summed E-state index contributed by atoms with van der Waals surface area (Å²) in [6.45, 7) is 2.50. The van der Waals surface area contributed by atoms with Crippen LogP contribution in [-0.2, 0) is 12.3 Å². The molecule has 2 aromatic carbocycles. The number of hydrogen-bond acceptors (Lipinski definition) is 4. The summed E-state index contributed by atoms with van der Waals surface area (Å²) in [5.74, 6) is 0.375. The van der Waals surface area contributed by atoms with Gasteiger partial charge in [-0.1, -0.05) is 24.3 Å². The van der Waals surface area contributed by atoms with Gasteiger partial charge in [-0.15, -0.1) is 0 Å². The van der Waals surface area contributed by atoms with Gasteiger partial charge in [0.1, 0.15) is 0 Å². The number of aromatic nitrogens is 2. The Morgan fingerprint density at radius 1 is 1.20 bits per heavy atom. The lowest BCUT2D eigenvalue weighted by Gasteiger charge is -2.11. The van der Waals surface area contributed by atoms with Crippen LogP contribution in [0.5, 0.6) is 0 Å². The van der Waals surface area contributed by atoms with Gasteiger partial charge in [0.25, 0.3) is 5.91 Å². The second-order valence-corrected chi connectivity index (χ2v) is 6.46. The molecule has 0 bridgehead atoms. The van der Waals surface area contributed by atoms with Crippen molar-refractivity contribution in [3.8, 4) is 0 Å². The zero-order valence-corrected chi connectivity index (χ0v) is 15.0. The third-order valence-electron chi connectivity index (χ3n) is 3.87. The molecule has 0 radical (unpaired) electrons. The maximum absolute atomic E-state index is 12.7. The molecular formula is C19H19N3O2S. The number of fused-ring (bicyclic) bond motifs is 1. The molecule has 5 nitrogen and oxygen atoms in total. The Hall–Kier alpha value is -2.60. The van der Waals surface area contributed by atoms with Gasteiger partial charge in [-0.2, -0.15) is 16.9 Å². The first-order valence-electron chi connectivity index (χ1n) is 8.03. The van der Waals surface area contributed by atoms with Crippen molar-refractivity contribution in [1.82, 2.24) is 9.78 Å². The first-order valence-corrected chi connectivity index (χ1v) is 9.42. The summed E-state index contributed by atoms with van der Waals surface area (Å²) in [5.41, 5.74) is 2.07. The summed E-state index contributed by atoms with van der Waals surface area (Å²) in [6.07, 6.45) is 2.03. The van der Waals surface area contributed by atoms with Crippen LogP contribution in [0.3, 0.4) is 0 Å². The number of benzene rings is 2. The average Bonchev–Trinajstić information content (AvgIpc) is 2.63. The van der Waals surface area contributed by atoms with E-state index in [4.69, 9.17) is 0 Å². The second kappa shape index (κ2) is 7.53. The number of nitrogens with zero attached hydrogens (tertiary/aromatic N) is 2. The number of carbonyl (C=O) groups excluding carboxylic acids is 1. The Labute approximate surface area is 150 Å². The van der Waals surface area contributed by atoms with Gasteiger partial charge in [0.05, 0.1) is 5.52 Å². The van der Waals surface area contributed by atoms with Crippen molar-refractivity contribution in [2.24, 2.45) is 0 Å². The zero-order valence-electron chi connectivity index (χ0n) is 14.2. The molecule has 25 heavy (non-hydrogen) atoms. The molecule has 0 aliphatic rings. The van der Waals surface area contributed by atoms with Gasteiger partial charge in [0, 0.05) is 23.4 Å². The van der Waals surface area contributed by atoms with Crippen molar-refractivity contribution in [3.05, 3.63) is 70.0 Å². The number of para-hydroxylation sites is 1. The highest BCUT2D eigenvalue weighted by Crippen LogP contribution is 2.16. The van der Waals surface area contributed by atoms with E-state index in [0.717, 1.165) is 16.8 Å². The molecular weight excluding hydrogens is 334 g/mol. The van der Waals surface area contributed by atoms with E-state index in [2.05, 4.69) is 10.4 Å². The number of nitrogens with one attached hydrogen (secondary N) is 1. The van der Waals surface area contributed by atoms with E-state index in [1.165, 1.54) is 0 Å². The van der Waals surface area contributed by atoms with Crippen molar-refractivity contribution in [2.75, 3.05) is 11.6 Å². The smallest absolute Gasteiger partial charge is 0.280 e. The maximum atomic E-state index is 12.7. The van der Waals surface area contributed by atoms with Crippen molar-refractivity contribution in [1.29, 1.82) is 0 Å². The number of thioether (sulfide) groups is 1. The molecule has 1 heterocycles. The van der Waals surface area contributed by atoms with Crippen LogP contribution < -0.4 is 10.7 Å². The second-order valence-electron chi connectivity index (χ2n) is 5.60. The van der Waals surface area contributed by atoms with Gasteiger partial charge in [-0.25, -0.2) is 0 Å². The Morgan fingerprint density at radius 3 is 2.76 bits per heavy atom. The fraction of sp³-hybridized carbons (Fsp3) is 0.211. The maximum Gasteiger partial charge on any atom is 0.280 e. The van der Waals surface area contributed by atoms with Crippen molar-refractivity contribution in [3.63, 3.8) is 0 Å². The predicted molar refractivity (Wildman–Crippen MR) is 103 cm³/mol. The molecule has 0 aliphatic heterocycles. The van der Waals surface area contributed by atoms with E-state index in [0.29, 0.717) is 17.6 Å². The van der Waals surface area contributed by atoms with Gasteiger partial charge < -0.3 is 5.32 Å². The van der Waals surface area contributed by atoms with Crippen molar-refractivity contribution < 1.29 is 4.79 Å². The molecule has 1 amide bonds. The summed E-state index contributed by atoms with van der Waals surface area (Å²) in [5, 5.41) is 7.55. The van der Waals surface area contributed by atoms with Crippen molar-refractivity contribution in [2.45, 2.75) is 19.2 Å². The number of amides is 1. The van der Waals surface area contributed by atoms with Crippen LogP contribution in [0.4, 0.5) is 5.69 Å². The number of rotatable bonds is 5. The first-order chi connectivity index (χ1) is 12.1. The SMILES string of the molecule is CCn1nc(C(=O)Nc2cccc(CSC)c2)c(=O)c2ccccc21.